The van der Waals surface area contributed by atoms with Gasteiger partial charge < -0.3 is 18.9 Å². The summed E-state index contributed by atoms with van der Waals surface area (Å²) in [6, 6.07) is 14.4. The molecule has 0 N–H and O–H groups in total. The van der Waals surface area contributed by atoms with E-state index in [1.54, 1.807) is 24.3 Å². The topological polar surface area (TPSA) is 94.9 Å². The predicted molar refractivity (Wildman–Crippen MR) is 119 cm³/mol. The van der Waals surface area contributed by atoms with Gasteiger partial charge in [-0.05, 0) is 53.8 Å². The molecule has 0 spiro atoms. The van der Waals surface area contributed by atoms with Crippen LogP contribution >= 0.6 is 0 Å². The van der Waals surface area contributed by atoms with Gasteiger partial charge in [0.1, 0.15) is 17.4 Å². The Morgan fingerprint density at radius 1 is 1.06 bits per heavy atom. The van der Waals surface area contributed by atoms with E-state index >= 15 is 0 Å². The summed E-state index contributed by atoms with van der Waals surface area (Å²) in [5, 5.41) is 9.07. The Morgan fingerprint density at radius 2 is 1.78 bits per heavy atom. The SMILES string of the molecule is COC(=O)/C(C#N)=C/c1ccc(OC(=O)CCCOc2ccc(C(C)C)cc2)c(OC)c1. The number of nitriles is 1. The Hall–Kier alpha value is -3.79. The van der Waals surface area contributed by atoms with Crippen LogP contribution in [-0.4, -0.2) is 32.8 Å². The molecule has 168 valence electrons. The number of methoxy groups -OCH3 is 2. The molecule has 0 saturated carbocycles. The second-order valence-corrected chi connectivity index (χ2v) is 7.22. The van der Waals surface area contributed by atoms with E-state index in [4.69, 9.17) is 19.5 Å². The van der Waals surface area contributed by atoms with E-state index in [0.717, 1.165) is 5.75 Å². The van der Waals surface area contributed by atoms with Crippen LogP contribution in [0.25, 0.3) is 6.08 Å². The highest BCUT2D eigenvalue weighted by atomic mass is 16.6. The fourth-order valence-electron chi connectivity index (χ4n) is 2.80. The van der Waals surface area contributed by atoms with Gasteiger partial charge in [-0.2, -0.15) is 5.26 Å². The lowest BCUT2D eigenvalue weighted by Gasteiger charge is -2.11. The second-order valence-electron chi connectivity index (χ2n) is 7.22. The molecule has 0 atom stereocenters. The zero-order valence-electron chi connectivity index (χ0n) is 18.7. The fourth-order valence-corrected chi connectivity index (χ4v) is 2.80. The van der Waals surface area contributed by atoms with Crippen LogP contribution in [0.5, 0.6) is 17.2 Å². The monoisotopic (exact) mass is 437 g/mol. The lowest BCUT2D eigenvalue weighted by Crippen LogP contribution is -2.10. The summed E-state index contributed by atoms with van der Waals surface area (Å²) in [7, 11) is 2.63. The molecule has 2 aromatic carbocycles. The van der Waals surface area contributed by atoms with Gasteiger partial charge in [0.25, 0.3) is 0 Å². The molecule has 0 radical (unpaired) electrons. The standard InChI is InChI=1S/C25H27NO6/c1-17(2)19-8-10-21(11-9-19)31-13-5-6-24(27)32-22-12-7-18(15-23(22)29-3)14-20(16-26)25(28)30-4/h7-12,14-15,17H,5-6,13H2,1-4H3/b20-14+. The highest BCUT2D eigenvalue weighted by Gasteiger charge is 2.13. The van der Waals surface area contributed by atoms with Gasteiger partial charge in [0, 0.05) is 6.42 Å². The predicted octanol–water partition coefficient (Wildman–Crippen LogP) is 4.66. The average molecular weight is 437 g/mol. The molecular weight excluding hydrogens is 410 g/mol. The van der Waals surface area contributed by atoms with Crippen LogP contribution in [0.4, 0.5) is 0 Å². The molecule has 0 unspecified atom stereocenters. The maximum atomic E-state index is 12.2. The minimum atomic E-state index is -0.736. The van der Waals surface area contributed by atoms with Gasteiger partial charge >= 0.3 is 11.9 Å². The largest absolute Gasteiger partial charge is 0.494 e. The molecule has 0 aliphatic heterocycles. The Bertz CT molecular complexity index is 1000. The normalized spacial score (nSPS) is 10.9. The number of ether oxygens (including phenoxy) is 4. The molecule has 7 heteroatoms. The molecular formula is C25H27NO6. The molecule has 0 saturated heterocycles. The first-order chi connectivity index (χ1) is 15.4. The first-order valence-corrected chi connectivity index (χ1v) is 10.2. The van der Waals surface area contributed by atoms with Crippen molar-refractivity contribution < 1.29 is 28.5 Å². The first kappa shape index (κ1) is 24.5. The molecule has 0 aliphatic carbocycles. The van der Waals surface area contributed by atoms with Gasteiger partial charge in [0.05, 0.1) is 20.8 Å². The van der Waals surface area contributed by atoms with Crippen LogP contribution in [-0.2, 0) is 14.3 Å². The molecule has 0 heterocycles. The Kier molecular flexibility index (Phi) is 9.30. The van der Waals surface area contributed by atoms with Gasteiger partial charge in [-0.25, -0.2) is 4.79 Å². The van der Waals surface area contributed by atoms with Crippen LogP contribution in [0.15, 0.2) is 48.0 Å². The van der Waals surface area contributed by atoms with Crippen LogP contribution in [0.1, 0.15) is 43.7 Å². The van der Waals surface area contributed by atoms with Crippen LogP contribution < -0.4 is 14.2 Å². The van der Waals surface area contributed by atoms with Crippen LogP contribution in [0.2, 0.25) is 0 Å². The Balaban J connectivity index is 1.90. The van der Waals surface area contributed by atoms with E-state index in [0.29, 0.717) is 30.3 Å². The van der Waals surface area contributed by atoms with E-state index in [-0.39, 0.29) is 17.7 Å². The van der Waals surface area contributed by atoms with Crippen molar-refractivity contribution in [2.24, 2.45) is 0 Å². The third kappa shape index (κ3) is 7.17. The van der Waals surface area contributed by atoms with Crippen molar-refractivity contribution in [1.29, 1.82) is 5.26 Å². The van der Waals surface area contributed by atoms with Crippen molar-refractivity contribution >= 4 is 18.0 Å². The number of rotatable bonds is 10. The lowest BCUT2D eigenvalue weighted by molar-refractivity contribution is -0.136. The number of hydrogen-bond acceptors (Lipinski definition) is 7. The maximum Gasteiger partial charge on any atom is 0.348 e. The van der Waals surface area contributed by atoms with Crippen molar-refractivity contribution in [3.63, 3.8) is 0 Å². The van der Waals surface area contributed by atoms with Gasteiger partial charge in [0.15, 0.2) is 11.5 Å². The van der Waals surface area contributed by atoms with E-state index in [9.17, 15) is 9.59 Å². The highest BCUT2D eigenvalue weighted by molar-refractivity contribution is 5.97. The fraction of sp³-hybridized carbons (Fsp3) is 0.320. The van der Waals surface area contributed by atoms with E-state index < -0.39 is 11.9 Å². The number of nitrogens with zero attached hydrogens (tertiary/aromatic N) is 1. The quantitative estimate of drug-likeness (QED) is 0.175. The molecule has 0 bridgehead atoms. The zero-order chi connectivity index (χ0) is 23.5. The molecule has 0 fully saturated rings. The van der Waals surface area contributed by atoms with Crippen molar-refractivity contribution in [2.45, 2.75) is 32.6 Å². The van der Waals surface area contributed by atoms with Crippen molar-refractivity contribution in [3.05, 3.63) is 59.2 Å². The third-order valence-electron chi connectivity index (χ3n) is 4.59. The van der Waals surface area contributed by atoms with Crippen molar-refractivity contribution in [1.82, 2.24) is 0 Å². The second kappa shape index (κ2) is 12.2. The van der Waals surface area contributed by atoms with Gasteiger partial charge in [-0.1, -0.05) is 32.0 Å². The summed E-state index contributed by atoms with van der Waals surface area (Å²) in [4.78, 5) is 23.7. The van der Waals surface area contributed by atoms with E-state index in [2.05, 4.69) is 18.6 Å². The summed E-state index contributed by atoms with van der Waals surface area (Å²) >= 11 is 0. The summed E-state index contributed by atoms with van der Waals surface area (Å²) in [6.07, 6.45) is 2.04. The van der Waals surface area contributed by atoms with Gasteiger partial charge in [-0.15, -0.1) is 0 Å². The number of carbonyl (C=O) groups is 2. The maximum absolute atomic E-state index is 12.2. The van der Waals surface area contributed by atoms with Crippen molar-refractivity contribution in [2.75, 3.05) is 20.8 Å². The van der Waals surface area contributed by atoms with Gasteiger partial charge in [-0.3, -0.25) is 4.79 Å². The molecule has 0 amide bonds. The Labute approximate surface area is 188 Å². The lowest BCUT2D eigenvalue weighted by atomic mass is 10.0. The molecule has 2 rings (SSSR count). The minimum absolute atomic E-state index is 0.154. The number of carbonyl (C=O) groups excluding carboxylic acids is 2. The average Bonchev–Trinajstić information content (AvgIpc) is 2.80. The zero-order valence-corrected chi connectivity index (χ0v) is 18.7. The van der Waals surface area contributed by atoms with Crippen molar-refractivity contribution in [3.8, 4) is 23.3 Å². The number of esters is 2. The minimum Gasteiger partial charge on any atom is -0.494 e. The summed E-state index contributed by atoms with van der Waals surface area (Å²) in [5.41, 5.74) is 1.61. The van der Waals surface area contributed by atoms with E-state index in [1.807, 2.05) is 24.3 Å². The number of benzene rings is 2. The highest BCUT2D eigenvalue weighted by Crippen LogP contribution is 2.29. The summed E-state index contributed by atoms with van der Waals surface area (Å²) in [6.45, 7) is 4.65. The van der Waals surface area contributed by atoms with Crippen LogP contribution in [0, 0.1) is 11.3 Å². The molecule has 2 aromatic rings. The molecule has 7 nitrogen and oxygen atoms in total. The molecule has 0 aromatic heterocycles. The Morgan fingerprint density at radius 3 is 2.38 bits per heavy atom. The number of hydrogen-bond donors (Lipinski definition) is 0. The van der Waals surface area contributed by atoms with Gasteiger partial charge in [0.2, 0.25) is 0 Å². The summed E-state index contributed by atoms with van der Waals surface area (Å²) in [5.74, 6) is 0.615. The molecule has 0 aliphatic rings. The third-order valence-corrected chi connectivity index (χ3v) is 4.59. The molecule has 32 heavy (non-hydrogen) atoms. The van der Waals surface area contributed by atoms with E-state index in [1.165, 1.54) is 25.9 Å². The van der Waals surface area contributed by atoms with Crippen LogP contribution in [0.3, 0.4) is 0 Å². The smallest absolute Gasteiger partial charge is 0.348 e. The first-order valence-electron chi connectivity index (χ1n) is 10.2. The summed E-state index contributed by atoms with van der Waals surface area (Å²) < 4.78 is 20.9.